The van der Waals surface area contributed by atoms with Crippen molar-refractivity contribution in [3.05, 3.63) is 51.4 Å². The van der Waals surface area contributed by atoms with Crippen LogP contribution in [-0.4, -0.2) is 18.1 Å². The number of nitrogens with two attached hydrogens (primary N) is 1. The maximum atomic E-state index is 6.33. The molecule has 2 heterocycles. The molecule has 3 rings (SSSR count). The molecule has 0 bridgehead atoms. The molecule has 1 aromatic carbocycles. The molecule has 0 spiro atoms. The van der Waals surface area contributed by atoms with Crippen LogP contribution < -0.4 is 11.3 Å². The van der Waals surface area contributed by atoms with Crippen molar-refractivity contribution in [2.75, 3.05) is 6.54 Å². The summed E-state index contributed by atoms with van der Waals surface area (Å²) in [5.74, 6) is 6.17. The fourth-order valence-corrected chi connectivity index (χ4v) is 3.43. The maximum absolute atomic E-state index is 6.33. The highest BCUT2D eigenvalue weighted by atomic mass is 35.5. The van der Waals surface area contributed by atoms with E-state index in [-0.39, 0.29) is 0 Å². The van der Waals surface area contributed by atoms with E-state index < -0.39 is 0 Å². The van der Waals surface area contributed by atoms with Gasteiger partial charge in [0.05, 0.1) is 12.3 Å². The van der Waals surface area contributed by atoms with Gasteiger partial charge >= 0.3 is 0 Å². The summed E-state index contributed by atoms with van der Waals surface area (Å²) in [5, 5.41) is 1.62. The summed E-state index contributed by atoms with van der Waals surface area (Å²) >= 11 is 8.00. The van der Waals surface area contributed by atoms with Crippen molar-refractivity contribution in [1.82, 2.24) is 5.43 Å². The monoisotopic (exact) mass is 318 g/mol. The highest BCUT2D eigenvalue weighted by Gasteiger charge is 2.20. The van der Waals surface area contributed by atoms with E-state index in [0.29, 0.717) is 17.4 Å². The lowest BCUT2D eigenvalue weighted by Gasteiger charge is -2.06. The van der Waals surface area contributed by atoms with Crippen molar-refractivity contribution in [3.63, 3.8) is 0 Å². The molecule has 1 aliphatic rings. The van der Waals surface area contributed by atoms with Crippen LogP contribution >= 0.6 is 22.9 Å². The molecule has 2 aromatic rings. The van der Waals surface area contributed by atoms with Gasteiger partial charge in [0.15, 0.2) is 0 Å². The van der Waals surface area contributed by atoms with Crippen molar-refractivity contribution < 1.29 is 0 Å². The fourth-order valence-electron chi connectivity index (χ4n) is 2.22. The van der Waals surface area contributed by atoms with Gasteiger partial charge < -0.3 is 5.43 Å². The minimum atomic E-state index is 0.417. The average Bonchev–Trinajstić information content (AvgIpc) is 2.83. The first-order valence-corrected chi connectivity index (χ1v) is 7.89. The van der Waals surface area contributed by atoms with Crippen LogP contribution in [0.5, 0.6) is 0 Å². The predicted octanol–water partition coefficient (Wildman–Crippen LogP) is 3.31. The molecule has 4 nitrogen and oxygen atoms in total. The van der Waals surface area contributed by atoms with Gasteiger partial charge in [0.25, 0.3) is 0 Å². The lowest BCUT2D eigenvalue weighted by molar-refractivity contribution is 0.993. The van der Waals surface area contributed by atoms with E-state index in [9.17, 15) is 0 Å². The Labute approximate surface area is 132 Å². The van der Waals surface area contributed by atoms with Crippen LogP contribution in [0.3, 0.4) is 0 Å². The van der Waals surface area contributed by atoms with Crippen molar-refractivity contribution in [2.45, 2.75) is 13.3 Å². The Hall–Kier alpha value is -1.69. The topological polar surface area (TPSA) is 62.8 Å². The van der Waals surface area contributed by atoms with Gasteiger partial charge in [-0.3, -0.25) is 4.99 Å². The van der Waals surface area contributed by atoms with Gasteiger partial charge in [0, 0.05) is 21.0 Å². The molecule has 1 aromatic heterocycles. The van der Waals surface area contributed by atoms with Crippen LogP contribution in [0.25, 0.3) is 0 Å². The summed E-state index contributed by atoms with van der Waals surface area (Å²) in [6.07, 6.45) is 0.967. The van der Waals surface area contributed by atoms with Gasteiger partial charge in [0.2, 0.25) is 0 Å². The second kappa shape index (κ2) is 5.97. The minimum absolute atomic E-state index is 0.417. The molecule has 0 saturated carbocycles. The van der Waals surface area contributed by atoms with Crippen LogP contribution in [0, 0.1) is 0 Å². The number of nitrogens with zero attached hydrogens (tertiary/aromatic N) is 2. The van der Waals surface area contributed by atoms with Crippen LogP contribution in [0.1, 0.15) is 22.9 Å². The van der Waals surface area contributed by atoms with E-state index in [0.717, 1.165) is 28.3 Å². The zero-order valence-corrected chi connectivity index (χ0v) is 13.1. The molecule has 21 heavy (non-hydrogen) atoms. The average molecular weight is 319 g/mol. The lowest BCUT2D eigenvalue weighted by Crippen LogP contribution is -2.32. The minimum Gasteiger partial charge on any atom is -0.310 e. The summed E-state index contributed by atoms with van der Waals surface area (Å²) in [6.45, 7) is 2.54. The van der Waals surface area contributed by atoms with E-state index in [2.05, 4.69) is 28.4 Å². The van der Waals surface area contributed by atoms with Crippen molar-refractivity contribution in [2.24, 2.45) is 15.8 Å². The standard InChI is InChI=1S/C15H15ClN4S/c1-2-9-7-11-14(10-5-3-4-6-12(10)16)18-8-13(20-17)19-15(11)21-9/h3-7H,2,8,17H2,1H3,(H,19,20). The van der Waals surface area contributed by atoms with Crippen LogP contribution in [0.4, 0.5) is 5.00 Å². The SMILES string of the molecule is CCc1cc2c(s1)N=C(NN)CN=C2c1ccccc1Cl. The number of halogens is 1. The zero-order valence-electron chi connectivity index (χ0n) is 11.6. The zero-order chi connectivity index (χ0) is 14.8. The molecule has 0 fully saturated rings. The predicted molar refractivity (Wildman–Crippen MR) is 90.1 cm³/mol. The van der Waals surface area contributed by atoms with Crippen molar-refractivity contribution in [1.29, 1.82) is 0 Å². The molecule has 0 saturated heterocycles. The van der Waals surface area contributed by atoms with Gasteiger partial charge in [-0.2, -0.15) is 0 Å². The van der Waals surface area contributed by atoms with E-state index in [4.69, 9.17) is 17.4 Å². The summed E-state index contributed by atoms with van der Waals surface area (Å²) < 4.78 is 0. The van der Waals surface area contributed by atoms with Crippen LogP contribution in [-0.2, 0) is 6.42 Å². The molecule has 6 heteroatoms. The smallest absolute Gasteiger partial charge is 0.139 e. The van der Waals surface area contributed by atoms with Gasteiger partial charge in [-0.1, -0.05) is 36.7 Å². The highest BCUT2D eigenvalue weighted by molar-refractivity contribution is 7.16. The number of aliphatic imine (C=N–C) groups is 2. The molecular formula is C15H15ClN4S. The number of hydrazine groups is 1. The third-order valence-corrected chi connectivity index (χ3v) is 4.79. The van der Waals surface area contributed by atoms with E-state index in [1.54, 1.807) is 11.3 Å². The van der Waals surface area contributed by atoms with E-state index in [1.165, 1.54) is 4.88 Å². The number of thiophene rings is 1. The lowest BCUT2D eigenvalue weighted by atomic mass is 10.0. The molecule has 0 unspecified atom stereocenters. The second-order valence-electron chi connectivity index (χ2n) is 4.63. The van der Waals surface area contributed by atoms with Crippen molar-refractivity contribution >= 4 is 39.5 Å². The molecular weight excluding hydrogens is 304 g/mol. The number of amidine groups is 1. The molecule has 1 aliphatic heterocycles. The third-order valence-electron chi connectivity index (χ3n) is 3.29. The summed E-state index contributed by atoms with van der Waals surface area (Å²) in [5.41, 5.74) is 5.44. The molecule has 0 amide bonds. The Bertz CT molecular complexity index is 733. The number of nitrogens with one attached hydrogen (secondary N) is 1. The molecule has 0 radical (unpaired) electrons. The normalized spacial score (nSPS) is 14.0. The van der Waals surface area contributed by atoms with Gasteiger partial charge in [-0.25, -0.2) is 10.8 Å². The number of aryl methyl sites for hydroxylation is 1. The number of hydrogen-bond acceptors (Lipinski definition) is 5. The Morgan fingerprint density at radius 1 is 1.33 bits per heavy atom. The summed E-state index contributed by atoms with van der Waals surface area (Å²) in [4.78, 5) is 10.5. The third kappa shape index (κ3) is 2.72. The first-order valence-electron chi connectivity index (χ1n) is 6.69. The molecule has 0 atom stereocenters. The highest BCUT2D eigenvalue weighted by Crippen LogP contribution is 2.35. The van der Waals surface area contributed by atoms with Crippen LogP contribution in [0.15, 0.2) is 40.3 Å². The first kappa shape index (κ1) is 14.3. The number of fused-ring (bicyclic) bond motifs is 1. The Morgan fingerprint density at radius 3 is 2.86 bits per heavy atom. The largest absolute Gasteiger partial charge is 0.310 e. The van der Waals surface area contributed by atoms with E-state index in [1.807, 2.05) is 24.3 Å². The Kier molecular flexibility index (Phi) is 4.05. The van der Waals surface area contributed by atoms with Crippen molar-refractivity contribution in [3.8, 4) is 0 Å². The second-order valence-corrected chi connectivity index (χ2v) is 6.16. The van der Waals surface area contributed by atoms with Crippen LogP contribution in [0.2, 0.25) is 5.02 Å². The summed E-state index contributed by atoms with van der Waals surface area (Å²) in [6, 6.07) is 9.88. The van der Waals surface area contributed by atoms with Gasteiger partial charge in [0.1, 0.15) is 10.8 Å². The van der Waals surface area contributed by atoms with Gasteiger partial charge in [-0.05, 0) is 18.6 Å². The molecule has 3 N–H and O–H groups in total. The Morgan fingerprint density at radius 2 is 2.14 bits per heavy atom. The fraction of sp³-hybridized carbons (Fsp3) is 0.200. The van der Waals surface area contributed by atoms with Gasteiger partial charge in [-0.15, -0.1) is 11.3 Å². The maximum Gasteiger partial charge on any atom is 0.139 e. The number of hydrogen-bond donors (Lipinski definition) is 2. The van der Waals surface area contributed by atoms with E-state index >= 15 is 0 Å². The summed E-state index contributed by atoms with van der Waals surface area (Å²) in [7, 11) is 0. The first-order chi connectivity index (χ1) is 10.2. The molecule has 108 valence electrons. The number of benzene rings is 1. The number of rotatable bonds is 2. The molecule has 0 aliphatic carbocycles. The Balaban J connectivity index is 2.17. The quantitative estimate of drug-likeness (QED) is 0.659.